The van der Waals surface area contributed by atoms with Crippen LogP contribution in [0.25, 0.3) is 0 Å². The molecule has 1 aliphatic heterocycles. The standard InChI is InChI=1S/C25H33N3O5S/c1-3-15(2)27(24(31)25-12-16-8-17(13-25)10-18(9-16)14-25)21-11-22(29)28(23(21)30)19-4-6-20(7-5-19)34(26,32)33/h4-7,15-18,21H,3,8-14H2,1-2H3,(H2,26,32,33). The number of anilines is 1. The van der Waals surface area contributed by atoms with Crippen molar-refractivity contribution in [2.45, 2.75) is 82.2 Å². The van der Waals surface area contributed by atoms with Crippen LogP contribution in [0, 0.1) is 23.2 Å². The average molecular weight is 488 g/mol. The molecule has 0 aromatic heterocycles. The minimum atomic E-state index is -3.88. The first-order valence-corrected chi connectivity index (χ1v) is 13.9. The zero-order valence-electron chi connectivity index (χ0n) is 19.8. The van der Waals surface area contributed by atoms with E-state index in [9.17, 15) is 22.8 Å². The van der Waals surface area contributed by atoms with Crippen LogP contribution in [0.15, 0.2) is 29.2 Å². The third kappa shape index (κ3) is 3.77. The molecule has 0 radical (unpaired) electrons. The lowest BCUT2D eigenvalue weighted by atomic mass is 9.49. The summed E-state index contributed by atoms with van der Waals surface area (Å²) >= 11 is 0. The predicted molar refractivity (Wildman–Crippen MR) is 126 cm³/mol. The molecule has 1 saturated heterocycles. The number of amides is 3. The fraction of sp³-hybridized carbons (Fsp3) is 0.640. The highest BCUT2D eigenvalue weighted by molar-refractivity contribution is 7.89. The molecule has 1 aromatic carbocycles. The molecule has 6 rings (SSSR count). The van der Waals surface area contributed by atoms with Crippen molar-refractivity contribution in [2.75, 3.05) is 4.90 Å². The summed E-state index contributed by atoms with van der Waals surface area (Å²) < 4.78 is 23.1. The highest BCUT2D eigenvalue weighted by Gasteiger charge is 2.58. The Morgan fingerprint density at radius 1 is 1.09 bits per heavy atom. The normalized spacial score (nSPS) is 33.4. The first-order chi connectivity index (χ1) is 16.0. The number of primary sulfonamides is 1. The third-order valence-corrected chi connectivity index (χ3v) is 9.60. The van der Waals surface area contributed by atoms with Gasteiger partial charge in [0.25, 0.3) is 5.91 Å². The maximum Gasteiger partial charge on any atom is 0.257 e. The van der Waals surface area contributed by atoms with Crippen molar-refractivity contribution in [3.8, 4) is 0 Å². The van der Waals surface area contributed by atoms with Crippen molar-refractivity contribution in [3.63, 3.8) is 0 Å². The van der Waals surface area contributed by atoms with Crippen LogP contribution in [-0.2, 0) is 24.4 Å². The van der Waals surface area contributed by atoms with E-state index in [0.717, 1.165) is 24.2 Å². The Kier molecular flexibility index (Phi) is 5.63. The van der Waals surface area contributed by atoms with Gasteiger partial charge in [0.15, 0.2) is 0 Å². The molecule has 0 spiro atoms. The lowest BCUT2D eigenvalue weighted by molar-refractivity contribution is -0.164. The number of rotatable bonds is 6. The summed E-state index contributed by atoms with van der Waals surface area (Å²) in [6, 6.07) is 4.39. The smallest absolute Gasteiger partial charge is 0.257 e. The number of carbonyl (C=O) groups excluding carboxylic acids is 3. The molecule has 5 fully saturated rings. The molecular formula is C25H33N3O5S. The van der Waals surface area contributed by atoms with E-state index in [4.69, 9.17) is 5.14 Å². The zero-order valence-corrected chi connectivity index (χ0v) is 20.6. The highest BCUT2D eigenvalue weighted by atomic mass is 32.2. The minimum absolute atomic E-state index is 0.0542. The largest absolute Gasteiger partial charge is 0.327 e. The van der Waals surface area contributed by atoms with Gasteiger partial charge in [-0.2, -0.15) is 0 Å². The van der Waals surface area contributed by atoms with Gasteiger partial charge in [-0.25, -0.2) is 18.5 Å². The number of nitrogens with zero attached hydrogens (tertiary/aromatic N) is 2. The Morgan fingerprint density at radius 3 is 2.09 bits per heavy atom. The van der Waals surface area contributed by atoms with Crippen molar-refractivity contribution in [1.29, 1.82) is 0 Å². The van der Waals surface area contributed by atoms with E-state index in [1.54, 1.807) is 4.90 Å². The summed E-state index contributed by atoms with van der Waals surface area (Å²) in [7, 11) is -3.88. The van der Waals surface area contributed by atoms with Gasteiger partial charge < -0.3 is 4.90 Å². The monoisotopic (exact) mass is 487 g/mol. The van der Waals surface area contributed by atoms with E-state index in [2.05, 4.69) is 0 Å². The minimum Gasteiger partial charge on any atom is -0.327 e. The molecular weight excluding hydrogens is 454 g/mol. The maximum absolute atomic E-state index is 14.2. The lowest BCUT2D eigenvalue weighted by Gasteiger charge is -2.57. The highest BCUT2D eigenvalue weighted by Crippen LogP contribution is 2.61. The topological polar surface area (TPSA) is 118 Å². The number of sulfonamides is 1. The molecule has 5 aliphatic rings. The van der Waals surface area contributed by atoms with Gasteiger partial charge in [-0.15, -0.1) is 0 Å². The van der Waals surface area contributed by atoms with Crippen LogP contribution in [0.1, 0.15) is 65.2 Å². The van der Waals surface area contributed by atoms with Gasteiger partial charge in [0.2, 0.25) is 21.8 Å². The molecule has 4 aliphatic carbocycles. The van der Waals surface area contributed by atoms with Crippen LogP contribution in [0.2, 0.25) is 0 Å². The van der Waals surface area contributed by atoms with Crippen molar-refractivity contribution in [1.82, 2.24) is 4.90 Å². The SMILES string of the molecule is CCC(C)N(C(=O)C12CC3CC(CC(C3)C1)C2)C1CC(=O)N(c2ccc(S(N)(=O)=O)cc2)C1=O. The van der Waals surface area contributed by atoms with E-state index in [0.29, 0.717) is 24.2 Å². The van der Waals surface area contributed by atoms with E-state index < -0.39 is 27.4 Å². The van der Waals surface area contributed by atoms with E-state index in [1.165, 1.54) is 43.5 Å². The number of nitrogens with two attached hydrogens (primary N) is 1. The quantitative estimate of drug-likeness (QED) is 0.619. The van der Waals surface area contributed by atoms with Crippen molar-refractivity contribution < 1.29 is 22.8 Å². The average Bonchev–Trinajstić information content (AvgIpc) is 3.05. The Morgan fingerprint density at radius 2 is 1.62 bits per heavy atom. The van der Waals surface area contributed by atoms with E-state index in [1.807, 2.05) is 13.8 Å². The van der Waals surface area contributed by atoms with Crippen LogP contribution in [0.3, 0.4) is 0 Å². The summed E-state index contributed by atoms with van der Waals surface area (Å²) in [4.78, 5) is 43.5. The number of carbonyl (C=O) groups is 3. The molecule has 1 aromatic rings. The van der Waals surface area contributed by atoms with Gasteiger partial charge in [0.05, 0.1) is 22.4 Å². The van der Waals surface area contributed by atoms with Gasteiger partial charge in [0.1, 0.15) is 6.04 Å². The predicted octanol–water partition coefficient (Wildman–Crippen LogP) is 2.81. The Labute approximate surface area is 200 Å². The molecule has 2 N–H and O–H groups in total. The first kappa shape index (κ1) is 23.5. The van der Waals surface area contributed by atoms with Crippen LogP contribution in [0.4, 0.5) is 5.69 Å². The summed E-state index contributed by atoms with van der Waals surface area (Å²) in [5.74, 6) is 1.05. The summed E-state index contributed by atoms with van der Waals surface area (Å²) in [6.07, 6.45) is 7.00. The number of hydrogen-bond acceptors (Lipinski definition) is 5. The lowest BCUT2D eigenvalue weighted by Crippen LogP contribution is -2.59. The van der Waals surface area contributed by atoms with Gasteiger partial charge in [-0.1, -0.05) is 6.92 Å². The molecule has 9 heteroatoms. The second kappa shape index (κ2) is 8.16. The van der Waals surface area contributed by atoms with Crippen molar-refractivity contribution in [2.24, 2.45) is 28.3 Å². The molecule has 184 valence electrons. The third-order valence-electron chi connectivity index (χ3n) is 8.67. The Balaban J connectivity index is 1.44. The van der Waals surface area contributed by atoms with Crippen molar-refractivity contribution >= 4 is 33.4 Å². The molecule has 8 nitrogen and oxygen atoms in total. The summed E-state index contributed by atoms with van der Waals surface area (Å²) in [5.41, 5.74) is -0.109. The Bertz CT molecular complexity index is 1090. The molecule has 1 heterocycles. The second-order valence-corrected chi connectivity index (χ2v) is 12.6. The summed E-state index contributed by atoms with van der Waals surface area (Å²) in [5, 5.41) is 5.16. The summed E-state index contributed by atoms with van der Waals surface area (Å²) in [6.45, 7) is 3.95. The van der Waals surface area contributed by atoms with Gasteiger partial charge in [-0.3, -0.25) is 14.4 Å². The Hall–Kier alpha value is -2.26. The number of hydrogen-bond donors (Lipinski definition) is 1. The first-order valence-electron chi connectivity index (χ1n) is 12.3. The van der Waals surface area contributed by atoms with E-state index in [-0.39, 0.29) is 34.9 Å². The van der Waals surface area contributed by atoms with Gasteiger partial charge >= 0.3 is 0 Å². The van der Waals surface area contributed by atoms with Gasteiger partial charge in [-0.05, 0) is 93.9 Å². The fourth-order valence-corrected chi connectivity index (χ4v) is 7.90. The molecule has 2 atom stereocenters. The second-order valence-electron chi connectivity index (χ2n) is 11.0. The number of benzene rings is 1. The van der Waals surface area contributed by atoms with Crippen LogP contribution >= 0.6 is 0 Å². The van der Waals surface area contributed by atoms with Gasteiger partial charge in [0, 0.05) is 6.04 Å². The van der Waals surface area contributed by atoms with Crippen LogP contribution < -0.4 is 10.0 Å². The molecule has 4 bridgehead atoms. The molecule has 4 saturated carbocycles. The molecule has 3 amide bonds. The molecule has 34 heavy (non-hydrogen) atoms. The van der Waals surface area contributed by atoms with Crippen molar-refractivity contribution in [3.05, 3.63) is 24.3 Å². The van der Waals surface area contributed by atoms with Crippen LogP contribution in [-0.4, -0.2) is 43.1 Å². The zero-order chi connectivity index (χ0) is 24.4. The van der Waals surface area contributed by atoms with E-state index >= 15 is 0 Å². The van der Waals surface area contributed by atoms with Crippen LogP contribution in [0.5, 0.6) is 0 Å². The maximum atomic E-state index is 14.2. The fourth-order valence-electron chi connectivity index (χ4n) is 7.38. The molecule has 2 unspecified atom stereocenters. The number of imide groups is 1.